The standard InChI is InChI=1S/C26H34O3/c1-4-5-6-7-8-15-29-23-17-19-20-9-10-24(28)26(20,3)14-12-21(19)25(2)13-11-18(27)16-22(23)25/h11,13,16,19-21,23H,4-6,9-10,12,14-15,17H2,1-3H3/t19-,20-,21-,23+,25+,26-/m0/s1. The number of Topliss-reactive ketones (excluding diaryl/α,β-unsaturated/α-hetero) is 1. The molecule has 4 aliphatic carbocycles. The molecule has 0 aromatic rings. The number of carbonyl (C=O) groups excluding carboxylic acids is 2. The molecular formula is C26H34O3. The van der Waals surface area contributed by atoms with Crippen molar-refractivity contribution in [1.29, 1.82) is 0 Å². The van der Waals surface area contributed by atoms with Crippen molar-refractivity contribution in [2.75, 3.05) is 6.61 Å². The van der Waals surface area contributed by atoms with Crippen molar-refractivity contribution in [3.8, 4) is 11.8 Å². The van der Waals surface area contributed by atoms with Crippen LogP contribution in [0.25, 0.3) is 0 Å². The molecule has 156 valence electrons. The molecule has 0 aromatic heterocycles. The average Bonchev–Trinajstić information content (AvgIpc) is 3.00. The fourth-order valence-electron chi connectivity index (χ4n) is 6.70. The lowest BCUT2D eigenvalue weighted by Crippen LogP contribution is -2.53. The van der Waals surface area contributed by atoms with Crippen molar-refractivity contribution < 1.29 is 14.3 Å². The van der Waals surface area contributed by atoms with E-state index in [2.05, 4.69) is 38.7 Å². The second kappa shape index (κ2) is 7.88. The quantitative estimate of drug-likeness (QED) is 0.495. The van der Waals surface area contributed by atoms with Crippen LogP contribution in [0.15, 0.2) is 23.8 Å². The van der Waals surface area contributed by atoms with Crippen molar-refractivity contribution >= 4 is 11.6 Å². The highest BCUT2D eigenvalue weighted by Crippen LogP contribution is 2.63. The van der Waals surface area contributed by atoms with Crippen molar-refractivity contribution in [3.63, 3.8) is 0 Å². The molecule has 0 spiro atoms. The van der Waals surface area contributed by atoms with Crippen LogP contribution in [0.1, 0.15) is 72.1 Å². The predicted molar refractivity (Wildman–Crippen MR) is 114 cm³/mol. The maximum absolute atomic E-state index is 12.7. The summed E-state index contributed by atoms with van der Waals surface area (Å²) in [5.41, 5.74) is 0.830. The zero-order valence-electron chi connectivity index (χ0n) is 18.1. The first-order valence-electron chi connectivity index (χ1n) is 11.5. The molecule has 3 saturated carbocycles. The van der Waals surface area contributed by atoms with E-state index in [0.717, 1.165) is 56.9 Å². The monoisotopic (exact) mass is 394 g/mol. The molecule has 3 fully saturated rings. The molecule has 3 nitrogen and oxygen atoms in total. The Morgan fingerprint density at radius 1 is 1.17 bits per heavy atom. The zero-order valence-corrected chi connectivity index (χ0v) is 18.1. The van der Waals surface area contributed by atoms with Gasteiger partial charge in [0.1, 0.15) is 12.4 Å². The van der Waals surface area contributed by atoms with Crippen LogP contribution in [0.5, 0.6) is 0 Å². The molecule has 0 bridgehead atoms. The third kappa shape index (κ3) is 3.44. The van der Waals surface area contributed by atoms with E-state index in [1.807, 2.05) is 6.08 Å². The second-order valence-corrected chi connectivity index (χ2v) is 9.91. The third-order valence-corrected chi connectivity index (χ3v) is 8.40. The molecule has 4 aliphatic rings. The molecule has 4 rings (SSSR count). The maximum atomic E-state index is 12.7. The van der Waals surface area contributed by atoms with Crippen LogP contribution >= 0.6 is 0 Å². The van der Waals surface area contributed by atoms with Gasteiger partial charge in [-0.3, -0.25) is 9.59 Å². The van der Waals surface area contributed by atoms with E-state index >= 15 is 0 Å². The number of hydrogen-bond acceptors (Lipinski definition) is 3. The van der Waals surface area contributed by atoms with Crippen molar-refractivity contribution in [2.24, 2.45) is 28.6 Å². The Morgan fingerprint density at radius 3 is 2.79 bits per heavy atom. The summed E-state index contributed by atoms with van der Waals surface area (Å²) in [6, 6.07) is 0. The summed E-state index contributed by atoms with van der Waals surface area (Å²) in [7, 11) is 0. The molecule has 0 aromatic carbocycles. The van der Waals surface area contributed by atoms with Crippen LogP contribution in [-0.4, -0.2) is 24.3 Å². The Hall–Kier alpha value is -1.66. The highest BCUT2D eigenvalue weighted by Gasteiger charge is 2.60. The molecule has 29 heavy (non-hydrogen) atoms. The van der Waals surface area contributed by atoms with Gasteiger partial charge in [0, 0.05) is 23.7 Å². The number of ketones is 2. The van der Waals surface area contributed by atoms with Gasteiger partial charge in [0.15, 0.2) is 5.78 Å². The van der Waals surface area contributed by atoms with E-state index in [9.17, 15) is 9.59 Å². The van der Waals surface area contributed by atoms with E-state index in [0.29, 0.717) is 30.1 Å². The molecule has 0 saturated heterocycles. The van der Waals surface area contributed by atoms with Gasteiger partial charge in [-0.05, 0) is 67.6 Å². The van der Waals surface area contributed by atoms with Gasteiger partial charge >= 0.3 is 0 Å². The highest BCUT2D eigenvalue weighted by atomic mass is 16.5. The average molecular weight is 395 g/mol. The Labute approximate surface area is 175 Å². The van der Waals surface area contributed by atoms with Crippen LogP contribution in [0.3, 0.4) is 0 Å². The van der Waals surface area contributed by atoms with Crippen LogP contribution in [0.2, 0.25) is 0 Å². The van der Waals surface area contributed by atoms with Crippen molar-refractivity contribution in [2.45, 2.75) is 78.2 Å². The minimum absolute atomic E-state index is 0.0650. The van der Waals surface area contributed by atoms with Gasteiger partial charge in [0.05, 0.1) is 6.10 Å². The van der Waals surface area contributed by atoms with Gasteiger partial charge in [-0.1, -0.05) is 39.2 Å². The number of rotatable bonds is 4. The number of fused-ring (bicyclic) bond motifs is 5. The topological polar surface area (TPSA) is 43.4 Å². The molecule has 0 unspecified atom stereocenters. The van der Waals surface area contributed by atoms with E-state index in [-0.39, 0.29) is 22.7 Å². The Morgan fingerprint density at radius 2 is 2.00 bits per heavy atom. The van der Waals surface area contributed by atoms with Gasteiger partial charge in [-0.15, -0.1) is 5.92 Å². The SMILES string of the molecule is CCCCC#CCO[C@@H]1C[C@@H]2[C@H](CC[C@]3(C)C(=O)CC[C@@H]23)[C@@]2(C)C=CC(=O)C=C12. The summed E-state index contributed by atoms with van der Waals surface area (Å²) in [4.78, 5) is 24.9. The number of hydrogen-bond donors (Lipinski definition) is 0. The summed E-state index contributed by atoms with van der Waals surface area (Å²) in [6.45, 7) is 7.06. The molecule has 0 amide bonds. The smallest absolute Gasteiger partial charge is 0.178 e. The Kier molecular flexibility index (Phi) is 5.60. The zero-order chi connectivity index (χ0) is 20.6. The van der Waals surface area contributed by atoms with Crippen molar-refractivity contribution in [3.05, 3.63) is 23.8 Å². The summed E-state index contributed by atoms with van der Waals surface area (Å²) in [6.07, 6.45) is 13.5. The number of ether oxygens (including phenoxy) is 1. The molecular weight excluding hydrogens is 360 g/mol. The number of allylic oxidation sites excluding steroid dienone is 3. The molecule has 0 radical (unpaired) electrons. The van der Waals surface area contributed by atoms with Crippen molar-refractivity contribution in [1.82, 2.24) is 0 Å². The van der Waals surface area contributed by atoms with Crippen LogP contribution in [0, 0.1) is 40.4 Å². The first kappa shape index (κ1) is 20.6. The van der Waals surface area contributed by atoms with Gasteiger partial charge in [-0.2, -0.15) is 0 Å². The molecule has 6 atom stereocenters. The fraction of sp³-hybridized carbons (Fsp3) is 0.692. The first-order valence-corrected chi connectivity index (χ1v) is 11.5. The van der Waals surface area contributed by atoms with Gasteiger partial charge in [-0.25, -0.2) is 0 Å². The molecule has 0 N–H and O–H groups in total. The van der Waals surface area contributed by atoms with Crippen LogP contribution in [-0.2, 0) is 14.3 Å². The Bertz CT molecular complexity index is 810. The summed E-state index contributed by atoms with van der Waals surface area (Å²) >= 11 is 0. The van der Waals surface area contributed by atoms with Gasteiger partial charge in [0.25, 0.3) is 0 Å². The molecule has 3 heteroatoms. The predicted octanol–water partition coefficient (Wildman–Crippen LogP) is 5.05. The van der Waals surface area contributed by atoms with Gasteiger partial charge < -0.3 is 4.74 Å². The lowest BCUT2D eigenvalue weighted by Gasteiger charge is -2.57. The van der Waals surface area contributed by atoms with Crippen LogP contribution < -0.4 is 0 Å². The maximum Gasteiger partial charge on any atom is 0.178 e. The largest absolute Gasteiger partial charge is 0.361 e. The first-order chi connectivity index (χ1) is 13.9. The Balaban J connectivity index is 1.59. The summed E-state index contributed by atoms with van der Waals surface area (Å²) in [5.74, 6) is 8.29. The lowest BCUT2D eigenvalue weighted by molar-refractivity contribution is -0.133. The fourth-order valence-corrected chi connectivity index (χ4v) is 6.70. The van der Waals surface area contributed by atoms with Crippen LogP contribution in [0.4, 0.5) is 0 Å². The summed E-state index contributed by atoms with van der Waals surface area (Å²) in [5, 5.41) is 0. The number of unbranched alkanes of at least 4 members (excludes halogenated alkanes) is 2. The van der Waals surface area contributed by atoms with E-state index in [1.165, 1.54) is 0 Å². The number of carbonyl (C=O) groups is 2. The van der Waals surface area contributed by atoms with E-state index < -0.39 is 0 Å². The minimum Gasteiger partial charge on any atom is -0.361 e. The summed E-state index contributed by atoms with van der Waals surface area (Å²) < 4.78 is 6.29. The molecule has 0 aliphatic heterocycles. The normalized spacial score (nSPS) is 40.4. The molecule has 0 heterocycles. The van der Waals surface area contributed by atoms with Gasteiger partial charge in [0.2, 0.25) is 0 Å². The van der Waals surface area contributed by atoms with E-state index in [4.69, 9.17) is 4.74 Å². The highest BCUT2D eigenvalue weighted by molar-refractivity contribution is 6.01. The lowest BCUT2D eigenvalue weighted by atomic mass is 9.48. The second-order valence-electron chi connectivity index (χ2n) is 9.91. The van der Waals surface area contributed by atoms with E-state index in [1.54, 1.807) is 6.08 Å². The minimum atomic E-state index is -0.155. The third-order valence-electron chi connectivity index (χ3n) is 8.40.